The highest BCUT2D eigenvalue weighted by atomic mass is 16.4. The zero-order valence-corrected chi connectivity index (χ0v) is 9.78. The monoisotopic (exact) mass is 227 g/mol. The second kappa shape index (κ2) is 7.44. The van der Waals surface area contributed by atoms with Gasteiger partial charge in [-0.15, -0.1) is 0 Å². The lowest BCUT2D eigenvalue weighted by Crippen LogP contribution is -2.16. The van der Waals surface area contributed by atoms with Crippen LogP contribution in [-0.2, 0) is 13.2 Å². The van der Waals surface area contributed by atoms with Crippen molar-refractivity contribution in [1.82, 2.24) is 5.32 Å². The fraction of sp³-hybridized carbons (Fsp3) is 0.667. The molecule has 0 saturated heterocycles. The molecule has 3 N–H and O–H groups in total. The van der Waals surface area contributed by atoms with Gasteiger partial charge in [0.25, 0.3) is 0 Å². The summed E-state index contributed by atoms with van der Waals surface area (Å²) in [6.45, 7) is 3.47. The van der Waals surface area contributed by atoms with Crippen molar-refractivity contribution in [3.05, 3.63) is 23.7 Å². The van der Waals surface area contributed by atoms with Crippen LogP contribution in [0.5, 0.6) is 0 Å². The van der Waals surface area contributed by atoms with Crippen molar-refractivity contribution in [2.24, 2.45) is 0 Å². The van der Waals surface area contributed by atoms with E-state index in [0.717, 1.165) is 31.6 Å². The molecule has 1 atom stereocenters. The summed E-state index contributed by atoms with van der Waals surface area (Å²) in [7, 11) is 0. The van der Waals surface area contributed by atoms with E-state index < -0.39 is 0 Å². The maximum absolute atomic E-state index is 9.34. The lowest BCUT2D eigenvalue weighted by Gasteiger charge is -2.07. The zero-order chi connectivity index (χ0) is 11.8. The van der Waals surface area contributed by atoms with Crippen molar-refractivity contribution < 1.29 is 14.6 Å². The molecule has 0 bridgehead atoms. The Morgan fingerprint density at radius 3 is 2.75 bits per heavy atom. The Kier molecular flexibility index (Phi) is 6.15. The number of rotatable bonds is 8. The van der Waals surface area contributed by atoms with E-state index in [4.69, 9.17) is 9.52 Å². The molecular weight excluding hydrogens is 206 g/mol. The summed E-state index contributed by atoms with van der Waals surface area (Å²) in [5.74, 6) is 1.43. The average Bonchev–Trinajstić information content (AvgIpc) is 2.76. The smallest absolute Gasteiger partial charge is 0.129 e. The van der Waals surface area contributed by atoms with Crippen LogP contribution in [0.1, 0.15) is 37.7 Å². The number of hydrogen-bond donors (Lipinski definition) is 3. The fourth-order valence-corrected chi connectivity index (χ4v) is 1.48. The lowest BCUT2D eigenvalue weighted by atomic mass is 10.1. The van der Waals surface area contributed by atoms with Crippen molar-refractivity contribution in [3.8, 4) is 0 Å². The number of aliphatic hydroxyl groups is 2. The standard InChI is InChI=1S/C12H21NO3/c1-2-10(15)4-3-7-13-8-11-5-6-12(9-14)16-11/h5-6,10,13-15H,2-4,7-9H2,1H3. The van der Waals surface area contributed by atoms with E-state index in [-0.39, 0.29) is 12.7 Å². The van der Waals surface area contributed by atoms with Gasteiger partial charge in [-0.05, 0) is 37.9 Å². The molecule has 1 heterocycles. The lowest BCUT2D eigenvalue weighted by molar-refractivity contribution is 0.157. The molecule has 0 radical (unpaired) electrons. The normalized spacial score (nSPS) is 12.9. The second-order valence-corrected chi connectivity index (χ2v) is 3.91. The van der Waals surface area contributed by atoms with Crippen LogP contribution in [0, 0.1) is 0 Å². The van der Waals surface area contributed by atoms with E-state index >= 15 is 0 Å². The first-order valence-corrected chi connectivity index (χ1v) is 5.83. The summed E-state index contributed by atoms with van der Waals surface area (Å²) < 4.78 is 5.32. The molecule has 4 nitrogen and oxygen atoms in total. The third-order valence-electron chi connectivity index (χ3n) is 2.53. The van der Waals surface area contributed by atoms with Crippen LogP contribution in [0.4, 0.5) is 0 Å². The Balaban J connectivity index is 2.07. The summed E-state index contributed by atoms with van der Waals surface area (Å²) >= 11 is 0. The van der Waals surface area contributed by atoms with Gasteiger partial charge in [0.05, 0.1) is 12.6 Å². The first kappa shape index (κ1) is 13.2. The molecule has 0 aromatic carbocycles. The minimum Gasteiger partial charge on any atom is -0.462 e. The number of nitrogens with one attached hydrogen (secondary N) is 1. The van der Waals surface area contributed by atoms with Gasteiger partial charge < -0.3 is 19.9 Å². The van der Waals surface area contributed by atoms with Gasteiger partial charge in [-0.2, -0.15) is 0 Å². The predicted molar refractivity (Wildman–Crippen MR) is 61.9 cm³/mol. The molecule has 1 aromatic heterocycles. The maximum atomic E-state index is 9.34. The third kappa shape index (κ3) is 4.79. The van der Waals surface area contributed by atoms with Gasteiger partial charge in [0.1, 0.15) is 18.1 Å². The van der Waals surface area contributed by atoms with Gasteiger partial charge >= 0.3 is 0 Å². The summed E-state index contributed by atoms with van der Waals surface area (Å²) in [5, 5.41) is 21.4. The Hall–Kier alpha value is -0.840. The summed E-state index contributed by atoms with van der Waals surface area (Å²) in [6, 6.07) is 3.64. The van der Waals surface area contributed by atoms with Gasteiger partial charge in [0, 0.05) is 0 Å². The van der Waals surface area contributed by atoms with Crippen LogP contribution < -0.4 is 5.32 Å². The third-order valence-corrected chi connectivity index (χ3v) is 2.53. The fourth-order valence-electron chi connectivity index (χ4n) is 1.48. The van der Waals surface area contributed by atoms with Crippen LogP contribution in [0.2, 0.25) is 0 Å². The zero-order valence-electron chi connectivity index (χ0n) is 9.78. The van der Waals surface area contributed by atoms with E-state index in [9.17, 15) is 5.11 Å². The molecule has 1 unspecified atom stereocenters. The molecule has 0 aliphatic carbocycles. The first-order chi connectivity index (χ1) is 7.76. The van der Waals surface area contributed by atoms with Crippen molar-refractivity contribution in [3.63, 3.8) is 0 Å². The highest BCUT2D eigenvalue weighted by Gasteiger charge is 2.01. The van der Waals surface area contributed by atoms with Crippen LogP contribution in [0.3, 0.4) is 0 Å². The highest BCUT2D eigenvalue weighted by molar-refractivity contribution is 5.05. The van der Waals surface area contributed by atoms with Crippen LogP contribution in [-0.4, -0.2) is 22.9 Å². The van der Waals surface area contributed by atoms with Crippen molar-refractivity contribution in [2.45, 2.75) is 45.4 Å². The SMILES string of the molecule is CCC(O)CCCNCc1ccc(CO)o1. The predicted octanol–water partition coefficient (Wildman–Crippen LogP) is 1.41. The Morgan fingerprint density at radius 2 is 2.12 bits per heavy atom. The van der Waals surface area contributed by atoms with Gasteiger partial charge in [-0.1, -0.05) is 6.92 Å². The van der Waals surface area contributed by atoms with Crippen LogP contribution >= 0.6 is 0 Å². The quantitative estimate of drug-likeness (QED) is 0.587. The largest absolute Gasteiger partial charge is 0.462 e. The molecule has 0 aliphatic rings. The average molecular weight is 227 g/mol. The molecule has 0 fully saturated rings. The molecule has 0 saturated carbocycles. The molecule has 16 heavy (non-hydrogen) atoms. The number of furan rings is 1. The van der Waals surface area contributed by atoms with Crippen LogP contribution in [0.25, 0.3) is 0 Å². The molecule has 0 spiro atoms. The number of hydrogen-bond acceptors (Lipinski definition) is 4. The molecule has 4 heteroatoms. The molecule has 92 valence electrons. The number of aliphatic hydroxyl groups excluding tert-OH is 2. The molecule has 0 amide bonds. The second-order valence-electron chi connectivity index (χ2n) is 3.91. The molecule has 0 aliphatic heterocycles. The maximum Gasteiger partial charge on any atom is 0.129 e. The van der Waals surface area contributed by atoms with Crippen molar-refractivity contribution in [1.29, 1.82) is 0 Å². The molecular formula is C12H21NO3. The Morgan fingerprint density at radius 1 is 1.38 bits per heavy atom. The topological polar surface area (TPSA) is 65.6 Å². The summed E-state index contributed by atoms with van der Waals surface area (Å²) in [6.07, 6.45) is 2.44. The minimum absolute atomic E-state index is 0.0529. The first-order valence-electron chi connectivity index (χ1n) is 5.83. The van der Waals surface area contributed by atoms with Crippen molar-refractivity contribution >= 4 is 0 Å². The van der Waals surface area contributed by atoms with Gasteiger partial charge in [-0.3, -0.25) is 0 Å². The highest BCUT2D eigenvalue weighted by Crippen LogP contribution is 2.07. The van der Waals surface area contributed by atoms with E-state index in [0.29, 0.717) is 12.3 Å². The van der Waals surface area contributed by atoms with E-state index in [1.807, 2.05) is 13.0 Å². The summed E-state index contributed by atoms with van der Waals surface area (Å²) in [5.41, 5.74) is 0. The van der Waals surface area contributed by atoms with Gasteiger partial charge in [-0.25, -0.2) is 0 Å². The van der Waals surface area contributed by atoms with E-state index in [2.05, 4.69) is 5.32 Å². The minimum atomic E-state index is -0.175. The Labute approximate surface area is 96.3 Å². The van der Waals surface area contributed by atoms with Crippen molar-refractivity contribution in [2.75, 3.05) is 6.54 Å². The molecule has 1 rings (SSSR count). The van der Waals surface area contributed by atoms with Gasteiger partial charge in [0.15, 0.2) is 0 Å². The molecule has 1 aromatic rings. The van der Waals surface area contributed by atoms with E-state index in [1.165, 1.54) is 0 Å². The van der Waals surface area contributed by atoms with Crippen LogP contribution in [0.15, 0.2) is 16.5 Å². The Bertz CT molecular complexity index is 286. The summed E-state index contributed by atoms with van der Waals surface area (Å²) in [4.78, 5) is 0. The van der Waals surface area contributed by atoms with Gasteiger partial charge in [0.2, 0.25) is 0 Å². The van der Waals surface area contributed by atoms with E-state index in [1.54, 1.807) is 6.07 Å².